The van der Waals surface area contributed by atoms with Gasteiger partial charge in [0.05, 0.1) is 16.9 Å². The molecule has 0 amide bonds. The van der Waals surface area contributed by atoms with Crippen LogP contribution in [-0.4, -0.2) is 31.7 Å². The molecule has 0 radical (unpaired) electrons. The first-order chi connectivity index (χ1) is 15.5. The summed E-state index contributed by atoms with van der Waals surface area (Å²) in [6.45, 7) is 9.16. The number of rotatable bonds is 12. The summed E-state index contributed by atoms with van der Waals surface area (Å²) in [5, 5.41) is 7.46. The van der Waals surface area contributed by atoms with Crippen LogP contribution in [0.4, 0.5) is 4.39 Å². The minimum atomic E-state index is -0.221. The summed E-state index contributed by atoms with van der Waals surface area (Å²) in [6.07, 6.45) is 14.7. The van der Waals surface area contributed by atoms with E-state index in [9.17, 15) is 4.39 Å². The Morgan fingerprint density at radius 3 is 2.62 bits per heavy atom. The lowest BCUT2D eigenvalue weighted by atomic mass is 9.95. The van der Waals surface area contributed by atoms with E-state index in [4.69, 9.17) is 11.6 Å². The van der Waals surface area contributed by atoms with Crippen LogP contribution in [-0.2, 0) is 6.54 Å². The van der Waals surface area contributed by atoms with Gasteiger partial charge in [-0.3, -0.25) is 15.3 Å². The predicted molar refractivity (Wildman–Crippen MR) is 136 cm³/mol. The van der Waals surface area contributed by atoms with Gasteiger partial charge in [0, 0.05) is 25.3 Å². The number of nitrogens with zero attached hydrogens (tertiary/aromatic N) is 2. The van der Waals surface area contributed by atoms with E-state index in [1.807, 2.05) is 25.2 Å². The lowest BCUT2D eigenvalue weighted by Gasteiger charge is -2.24. The van der Waals surface area contributed by atoms with Gasteiger partial charge in [0.2, 0.25) is 0 Å². The number of hydrogen-bond acceptors (Lipinski definition) is 4. The van der Waals surface area contributed by atoms with Gasteiger partial charge in [0.1, 0.15) is 5.82 Å². The van der Waals surface area contributed by atoms with Crippen LogP contribution in [0, 0.1) is 5.82 Å². The van der Waals surface area contributed by atoms with Crippen LogP contribution in [0.2, 0.25) is 0 Å². The van der Waals surface area contributed by atoms with Gasteiger partial charge >= 0.3 is 0 Å². The Labute approximate surface area is 197 Å². The van der Waals surface area contributed by atoms with Gasteiger partial charge in [-0.05, 0) is 62.2 Å². The van der Waals surface area contributed by atoms with Crippen molar-refractivity contribution in [2.45, 2.75) is 71.1 Å². The molecule has 0 heterocycles. The highest BCUT2D eigenvalue weighted by Crippen LogP contribution is 2.22. The molecule has 1 fully saturated rings. The van der Waals surface area contributed by atoms with Crippen LogP contribution in [0.15, 0.2) is 68.8 Å². The van der Waals surface area contributed by atoms with E-state index in [-0.39, 0.29) is 12.0 Å². The summed E-state index contributed by atoms with van der Waals surface area (Å²) in [4.78, 5) is 8.75. The van der Waals surface area contributed by atoms with E-state index in [1.165, 1.54) is 44.2 Å². The minimum Gasteiger partial charge on any atom is -0.309 e. The zero-order valence-electron chi connectivity index (χ0n) is 19.3. The average Bonchev–Trinajstić information content (AvgIpc) is 2.81. The van der Waals surface area contributed by atoms with Crippen molar-refractivity contribution in [3.63, 3.8) is 0 Å². The first-order valence-electron chi connectivity index (χ1n) is 11.5. The Hall–Kier alpha value is -2.08. The third-order valence-electron chi connectivity index (χ3n) is 5.51. The highest BCUT2D eigenvalue weighted by molar-refractivity contribution is 6.40. The quantitative estimate of drug-likeness (QED) is 0.219. The van der Waals surface area contributed by atoms with Crippen LogP contribution in [0.1, 0.15) is 57.9 Å². The molecule has 1 aromatic carbocycles. The van der Waals surface area contributed by atoms with E-state index < -0.39 is 0 Å². The largest absolute Gasteiger partial charge is 0.309 e. The standard InChI is InChI=1S/C26H36ClFN4/c1-4-24(25(27)19-31-20(2)32-23-10-6-5-7-11-23)26(29-3)12-8-9-17-30-18-21-13-15-22(28)16-14-21/h8-9,12-16,19-20,23,30,32H,3-7,10-11,17-18H2,1-2H3/b9-8-,25-24-,26-12-,31-19-. The van der Waals surface area contributed by atoms with Crippen molar-refractivity contribution >= 4 is 24.5 Å². The summed E-state index contributed by atoms with van der Waals surface area (Å²) in [7, 11) is 0. The van der Waals surface area contributed by atoms with Crippen LogP contribution in [0.5, 0.6) is 0 Å². The molecule has 6 heteroatoms. The molecule has 1 atom stereocenters. The Kier molecular flexibility index (Phi) is 12.2. The molecule has 174 valence electrons. The molecule has 0 aliphatic heterocycles. The molecule has 1 aliphatic carbocycles. The van der Waals surface area contributed by atoms with Crippen molar-refractivity contribution in [1.82, 2.24) is 10.6 Å². The van der Waals surface area contributed by atoms with Gasteiger partial charge in [-0.1, -0.05) is 62.1 Å². The summed E-state index contributed by atoms with van der Waals surface area (Å²) < 4.78 is 12.9. The lowest BCUT2D eigenvalue weighted by molar-refractivity contribution is 0.348. The second-order valence-corrected chi connectivity index (χ2v) is 8.44. The molecule has 1 saturated carbocycles. The highest BCUT2D eigenvalue weighted by atomic mass is 35.5. The number of aliphatic imine (C=N–C) groups is 2. The Morgan fingerprint density at radius 1 is 1.25 bits per heavy atom. The smallest absolute Gasteiger partial charge is 0.123 e. The van der Waals surface area contributed by atoms with Crippen molar-refractivity contribution in [2.75, 3.05) is 6.54 Å². The third-order valence-corrected chi connectivity index (χ3v) is 5.84. The monoisotopic (exact) mass is 458 g/mol. The zero-order chi connectivity index (χ0) is 23.2. The van der Waals surface area contributed by atoms with Crippen LogP contribution < -0.4 is 10.6 Å². The highest BCUT2D eigenvalue weighted by Gasteiger charge is 2.14. The van der Waals surface area contributed by atoms with Crippen molar-refractivity contribution < 1.29 is 4.39 Å². The molecule has 0 aromatic heterocycles. The molecule has 2 rings (SSSR count). The second kappa shape index (κ2) is 14.9. The van der Waals surface area contributed by atoms with E-state index >= 15 is 0 Å². The SMILES string of the molecule is C=NC(=C\C=C/CNCc1ccc(F)cc1)/C(CC)=C(Cl)/C=N\C(C)NC1CCCCC1. The van der Waals surface area contributed by atoms with E-state index in [2.05, 4.69) is 34.3 Å². The molecule has 32 heavy (non-hydrogen) atoms. The molecule has 4 nitrogen and oxygen atoms in total. The maximum atomic E-state index is 12.9. The fourth-order valence-corrected chi connectivity index (χ4v) is 4.05. The minimum absolute atomic E-state index is 0.0288. The van der Waals surface area contributed by atoms with Crippen molar-refractivity contribution in [1.29, 1.82) is 0 Å². The normalized spacial score (nSPS) is 17.7. The maximum Gasteiger partial charge on any atom is 0.123 e. The van der Waals surface area contributed by atoms with Crippen molar-refractivity contribution in [3.05, 3.63) is 70.2 Å². The van der Waals surface area contributed by atoms with Gasteiger partial charge in [-0.15, -0.1) is 0 Å². The van der Waals surface area contributed by atoms with E-state index in [0.717, 1.165) is 23.3 Å². The fraction of sp³-hybridized carbons (Fsp3) is 0.462. The van der Waals surface area contributed by atoms with Crippen LogP contribution in [0.3, 0.4) is 0 Å². The molecule has 1 unspecified atom stereocenters. The Bertz CT molecular complexity index is 821. The summed E-state index contributed by atoms with van der Waals surface area (Å²) in [5.41, 5.74) is 2.70. The lowest BCUT2D eigenvalue weighted by Crippen LogP contribution is -2.36. The average molecular weight is 459 g/mol. The predicted octanol–water partition coefficient (Wildman–Crippen LogP) is 6.30. The molecular formula is C26H36ClFN4. The molecule has 0 spiro atoms. The Morgan fingerprint density at radius 2 is 1.97 bits per heavy atom. The maximum absolute atomic E-state index is 12.9. The molecule has 1 aliphatic rings. The number of nitrogens with one attached hydrogen (secondary N) is 2. The van der Waals surface area contributed by atoms with Gasteiger partial charge in [0.15, 0.2) is 0 Å². The Balaban J connectivity index is 1.88. The zero-order valence-corrected chi connectivity index (χ0v) is 20.0. The molecule has 2 N–H and O–H groups in total. The number of halogens is 2. The number of benzene rings is 1. The van der Waals surface area contributed by atoms with Crippen molar-refractivity contribution in [3.8, 4) is 0 Å². The van der Waals surface area contributed by atoms with Gasteiger partial charge < -0.3 is 5.32 Å². The summed E-state index contributed by atoms with van der Waals surface area (Å²) in [5.74, 6) is -0.221. The topological polar surface area (TPSA) is 48.8 Å². The summed E-state index contributed by atoms with van der Waals surface area (Å²) >= 11 is 6.56. The third kappa shape index (κ3) is 9.60. The van der Waals surface area contributed by atoms with Crippen LogP contribution in [0.25, 0.3) is 0 Å². The molecular weight excluding hydrogens is 423 g/mol. The van der Waals surface area contributed by atoms with E-state index in [1.54, 1.807) is 18.3 Å². The van der Waals surface area contributed by atoms with Gasteiger partial charge in [-0.25, -0.2) is 4.39 Å². The molecule has 0 bridgehead atoms. The van der Waals surface area contributed by atoms with Gasteiger partial charge in [-0.2, -0.15) is 0 Å². The van der Waals surface area contributed by atoms with Gasteiger partial charge in [0.25, 0.3) is 0 Å². The van der Waals surface area contributed by atoms with E-state index in [0.29, 0.717) is 24.2 Å². The number of allylic oxidation sites excluding steroid dienone is 4. The fourth-order valence-electron chi connectivity index (χ4n) is 3.76. The van der Waals surface area contributed by atoms with Crippen LogP contribution >= 0.6 is 11.6 Å². The first kappa shape index (κ1) is 26.2. The van der Waals surface area contributed by atoms with Crippen molar-refractivity contribution in [2.24, 2.45) is 9.98 Å². The molecule has 1 aromatic rings. The number of hydrogen-bond donors (Lipinski definition) is 2. The first-order valence-corrected chi connectivity index (χ1v) is 11.9. The summed E-state index contributed by atoms with van der Waals surface area (Å²) in [6, 6.07) is 7.04. The molecule has 0 saturated heterocycles. The second-order valence-electron chi connectivity index (χ2n) is 8.03.